The van der Waals surface area contributed by atoms with Crippen LogP contribution >= 0.6 is 0 Å². The van der Waals surface area contributed by atoms with E-state index in [-0.39, 0.29) is 44.6 Å². The van der Waals surface area contributed by atoms with E-state index in [1.54, 1.807) is 33.4 Å². The Bertz CT molecular complexity index is 2020. The average molecular weight is 695 g/mol. The molecule has 2 heterocycles. The number of hydrogen-bond acceptors (Lipinski definition) is 2. The van der Waals surface area contributed by atoms with Crippen LogP contribution in [0.1, 0.15) is 24.2 Å². The molecule has 0 fully saturated rings. The van der Waals surface area contributed by atoms with Gasteiger partial charge in [-0.15, -0.1) is 49.2 Å². The zero-order valence-electron chi connectivity index (χ0n) is 26.6. The molecule has 0 bridgehead atoms. The van der Waals surface area contributed by atoms with Crippen molar-refractivity contribution in [2.24, 2.45) is 0 Å². The zero-order chi connectivity index (χ0) is 34.2. The SMILES string of the molecule is Cc1cc2cc(O)ccc2n1-c1ccc(F)[c-]c1F.Cc1cc2cc(O)ccc2n1-c1ccc(F)[c-]c1F.[C-]1=CC=CC1.[C-]1=CC=CC1.[Ti+4]. The Labute approximate surface area is 297 Å². The Morgan fingerprint density at radius 1 is 0.571 bits per heavy atom. The third kappa shape index (κ3) is 9.10. The summed E-state index contributed by atoms with van der Waals surface area (Å²) >= 11 is 0. The van der Waals surface area contributed by atoms with Gasteiger partial charge in [-0.1, -0.05) is 0 Å². The Kier molecular flexibility index (Phi) is 12.7. The summed E-state index contributed by atoms with van der Waals surface area (Å²) in [6.45, 7) is 3.64. The van der Waals surface area contributed by atoms with Crippen LogP contribution in [0, 0.1) is 61.4 Å². The van der Waals surface area contributed by atoms with Crippen LogP contribution in [0.15, 0.2) is 109 Å². The number of aromatic nitrogens is 2. The monoisotopic (exact) mass is 694 g/mol. The van der Waals surface area contributed by atoms with E-state index in [2.05, 4.69) is 24.3 Å². The number of halogens is 4. The van der Waals surface area contributed by atoms with Crippen molar-refractivity contribution in [2.75, 3.05) is 0 Å². The van der Waals surface area contributed by atoms with E-state index in [0.717, 1.165) is 46.0 Å². The minimum Gasteiger partial charge on any atom is -0.508 e. The fraction of sp³-hybridized carbons (Fsp3) is 0.100. The number of benzene rings is 4. The van der Waals surface area contributed by atoms with E-state index in [9.17, 15) is 27.8 Å². The number of aromatic hydroxyl groups is 2. The van der Waals surface area contributed by atoms with Crippen molar-refractivity contribution in [3.63, 3.8) is 0 Å². The van der Waals surface area contributed by atoms with Crippen LogP contribution in [0.5, 0.6) is 11.5 Å². The quantitative estimate of drug-likeness (QED) is 0.108. The molecule has 9 heteroatoms. The fourth-order valence-corrected chi connectivity index (χ4v) is 5.22. The number of aryl methyl sites for hydroxylation is 2. The van der Waals surface area contributed by atoms with Crippen molar-refractivity contribution in [1.82, 2.24) is 9.13 Å². The predicted octanol–water partition coefficient (Wildman–Crippen LogP) is 10.1. The van der Waals surface area contributed by atoms with Crippen molar-refractivity contribution in [2.45, 2.75) is 26.7 Å². The molecule has 2 N–H and O–H groups in total. The molecule has 0 unspecified atom stereocenters. The second kappa shape index (κ2) is 16.9. The van der Waals surface area contributed by atoms with E-state index in [1.165, 1.54) is 36.4 Å². The van der Waals surface area contributed by atoms with Crippen molar-refractivity contribution in [3.05, 3.63) is 168 Å². The molecular weight excluding hydrogens is 664 g/mol. The van der Waals surface area contributed by atoms with Crippen molar-refractivity contribution < 1.29 is 49.5 Å². The standard InChI is InChI=1S/2C15H10F2NO.2C5H5.Ti/c2*1-9-6-10-7-12(19)3-5-14(10)18(9)15-4-2-11(16)8-13(15)17;2*1-2-4-5-3-1;/h2*2-7,19H,1H3;2*1-3H,4H2;/q4*-1;+4. The van der Waals surface area contributed by atoms with Gasteiger partial charge in [-0.2, -0.15) is 12.2 Å². The largest absolute Gasteiger partial charge is 4.00 e. The van der Waals surface area contributed by atoms with E-state index in [0.29, 0.717) is 0 Å². The van der Waals surface area contributed by atoms with Crippen molar-refractivity contribution >= 4 is 21.8 Å². The first-order valence-corrected chi connectivity index (χ1v) is 14.9. The Morgan fingerprint density at radius 3 is 1.29 bits per heavy atom. The van der Waals surface area contributed by atoms with Gasteiger partial charge in [0, 0.05) is 56.5 Å². The third-order valence-electron chi connectivity index (χ3n) is 7.27. The molecule has 0 saturated carbocycles. The van der Waals surface area contributed by atoms with Crippen molar-refractivity contribution in [1.29, 1.82) is 0 Å². The fourth-order valence-electron chi connectivity index (χ4n) is 5.22. The summed E-state index contributed by atoms with van der Waals surface area (Å²) in [7, 11) is 0. The van der Waals surface area contributed by atoms with Gasteiger partial charge in [-0.05, 0) is 73.8 Å². The number of phenols is 2. The molecule has 2 aliphatic rings. The molecule has 0 saturated heterocycles. The molecule has 0 radical (unpaired) electrons. The molecule has 4 nitrogen and oxygen atoms in total. The number of allylic oxidation sites excluding steroid dienone is 8. The molecule has 4 aromatic carbocycles. The molecule has 0 atom stereocenters. The van der Waals surface area contributed by atoms with E-state index in [4.69, 9.17) is 0 Å². The summed E-state index contributed by atoms with van der Waals surface area (Å²) in [5, 5.41) is 20.5. The minimum atomic E-state index is -0.742. The van der Waals surface area contributed by atoms with E-state index < -0.39 is 23.3 Å². The minimum absolute atomic E-state index is 0. The zero-order valence-corrected chi connectivity index (χ0v) is 28.2. The summed E-state index contributed by atoms with van der Waals surface area (Å²) in [5.41, 5.74) is 3.54. The second-order valence-corrected chi connectivity index (χ2v) is 10.7. The van der Waals surface area contributed by atoms with Gasteiger partial charge in [0.2, 0.25) is 0 Å². The Hall–Kier alpha value is -5.05. The Balaban J connectivity index is 0.000000169. The number of hydrogen-bond donors (Lipinski definition) is 2. The molecule has 6 aromatic rings. The molecular formula is C40H30F4N2O2Ti. The van der Waals surface area contributed by atoms with E-state index in [1.807, 2.05) is 62.4 Å². The van der Waals surface area contributed by atoms with Gasteiger partial charge in [0.15, 0.2) is 0 Å². The summed E-state index contributed by atoms with van der Waals surface area (Å²) < 4.78 is 56.8. The maximum Gasteiger partial charge on any atom is 4.00 e. The van der Waals surface area contributed by atoms with Gasteiger partial charge in [0.25, 0.3) is 0 Å². The van der Waals surface area contributed by atoms with Crippen LogP contribution < -0.4 is 0 Å². The predicted molar refractivity (Wildman–Crippen MR) is 180 cm³/mol. The van der Waals surface area contributed by atoms with Gasteiger partial charge < -0.3 is 19.3 Å². The third-order valence-corrected chi connectivity index (χ3v) is 7.27. The first-order valence-electron chi connectivity index (χ1n) is 14.9. The van der Waals surface area contributed by atoms with Crippen LogP contribution in [0.2, 0.25) is 0 Å². The molecule has 244 valence electrons. The number of phenolic OH excluding ortho intramolecular Hbond substituents is 2. The average Bonchev–Trinajstić information content (AvgIpc) is 3.87. The normalized spacial score (nSPS) is 12.2. The number of nitrogens with zero attached hydrogens (tertiary/aromatic N) is 2. The van der Waals surface area contributed by atoms with Crippen LogP contribution in [0.4, 0.5) is 17.6 Å². The molecule has 0 amide bonds. The van der Waals surface area contributed by atoms with Crippen LogP contribution in [-0.4, -0.2) is 19.3 Å². The molecule has 0 aliphatic heterocycles. The van der Waals surface area contributed by atoms with Gasteiger partial charge in [-0.3, -0.25) is 12.2 Å². The Morgan fingerprint density at radius 2 is 0.980 bits per heavy atom. The summed E-state index contributed by atoms with van der Waals surface area (Å²) in [6.07, 6.45) is 20.0. The number of fused-ring (bicyclic) bond motifs is 2. The first-order chi connectivity index (χ1) is 23.1. The summed E-state index contributed by atoms with van der Waals surface area (Å²) in [6, 6.07) is 22.5. The smallest absolute Gasteiger partial charge is 0.508 e. The maximum absolute atomic E-state index is 13.8. The van der Waals surface area contributed by atoms with Gasteiger partial charge in [-0.25, -0.2) is 41.9 Å². The van der Waals surface area contributed by atoms with Gasteiger partial charge in [0.1, 0.15) is 11.5 Å². The van der Waals surface area contributed by atoms with Crippen LogP contribution in [0.25, 0.3) is 33.2 Å². The topological polar surface area (TPSA) is 50.3 Å². The van der Waals surface area contributed by atoms with Crippen LogP contribution in [-0.2, 0) is 21.7 Å². The molecule has 2 aromatic heterocycles. The van der Waals surface area contributed by atoms with E-state index >= 15 is 0 Å². The molecule has 49 heavy (non-hydrogen) atoms. The second-order valence-electron chi connectivity index (χ2n) is 10.7. The maximum atomic E-state index is 13.8. The summed E-state index contributed by atoms with van der Waals surface area (Å²) in [5.74, 6) is -2.64. The number of rotatable bonds is 2. The summed E-state index contributed by atoms with van der Waals surface area (Å²) in [4.78, 5) is 0. The molecule has 0 spiro atoms. The van der Waals surface area contributed by atoms with Crippen LogP contribution in [0.3, 0.4) is 0 Å². The molecule has 8 rings (SSSR count). The van der Waals surface area contributed by atoms with Crippen molar-refractivity contribution in [3.8, 4) is 22.9 Å². The van der Waals surface area contributed by atoms with Gasteiger partial charge >= 0.3 is 21.7 Å². The molecule has 2 aliphatic carbocycles. The van der Waals surface area contributed by atoms with Gasteiger partial charge in [0.05, 0.1) is 0 Å². The first kappa shape index (κ1) is 36.8.